The number of thioether (sulfide) groups is 1. The predicted octanol–water partition coefficient (Wildman–Crippen LogP) is 5.87. The molecule has 3 fully saturated rings. The Labute approximate surface area is 275 Å². The quantitative estimate of drug-likeness (QED) is 0.267. The molecule has 2 bridgehead atoms. The summed E-state index contributed by atoms with van der Waals surface area (Å²) in [6, 6.07) is 23.1. The van der Waals surface area contributed by atoms with Crippen LogP contribution in [0.4, 0.5) is 11.4 Å². The van der Waals surface area contributed by atoms with Gasteiger partial charge >= 0.3 is 0 Å². The van der Waals surface area contributed by atoms with Gasteiger partial charge in [-0.2, -0.15) is 0 Å². The van der Waals surface area contributed by atoms with E-state index in [1.807, 2.05) is 92.7 Å². The zero-order chi connectivity index (χ0) is 32.6. The van der Waals surface area contributed by atoms with E-state index in [-0.39, 0.29) is 36.1 Å². The molecule has 8 heteroatoms. The van der Waals surface area contributed by atoms with Gasteiger partial charge < -0.3 is 19.8 Å². The first kappa shape index (κ1) is 31.8. The molecular formula is C38H41N3O4S. The molecule has 0 aromatic heterocycles. The highest BCUT2D eigenvalue weighted by Gasteiger charge is 2.75. The molecule has 0 saturated carbocycles. The lowest BCUT2D eigenvalue weighted by Crippen LogP contribution is -2.56. The summed E-state index contributed by atoms with van der Waals surface area (Å²) >= 11 is 1.63. The summed E-state index contributed by atoms with van der Waals surface area (Å²) in [6.07, 6.45) is 4.76. The second-order valence-electron chi connectivity index (χ2n) is 12.5. The summed E-state index contributed by atoms with van der Waals surface area (Å²) in [5.74, 6) is -1.92. The van der Waals surface area contributed by atoms with Crippen molar-refractivity contribution in [2.45, 2.75) is 48.8 Å². The van der Waals surface area contributed by atoms with Crippen LogP contribution in [-0.4, -0.2) is 63.5 Å². The number of para-hydroxylation sites is 2. The lowest BCUT2D eigenvalue weighted by atomic mass is 9.70. The normalized spacial score (nSPS) is 25.2. The molecule has 238 valence electrons. The Morgan fingerprint density at radius 3 is 2.15 bits per heavy atom. The van der Waals surface area contributed by atoms with Crippen molar-refractivity contribution in [1.29, 1.82) is 0 Å². The van der Waals surface area contributed by atoms with Crippen molar-refractivity contribution >= 4 is 40.9 Å². The van der Waals surface area contributed by atoms with Crippen molar-refractivity contribution in [2.75, 3.05) is 29.5 Å². The number of benzene rings is 3. The third-order valence-corrected chi connectivity index (χ3v) is 11.8. The zero-order valence-corrected chi connectivity index (χ0v) is 27.2. The number of anilines is 2. The monoisotopic (exact) mass is 635 g/mol. The number of hydrogen-bond donors (Lipinski definition) is 1. The number of hydrogen-bond acceptors (Lipinski definition) is 5. The maximum Gasteiger partial charge on any atom is 0.251 e. The number of rotatable bonds is 11. The summed E-state index contributed by atoms with van der Waals surface area (Å²) in [6.45, 7) is 12.0. The summed E-state index contributed by atoms with van der Waals surface area (Å²) in [7, 11) is 0. The molecule has 3 aliphatic heterocycles. The van der Waals surface area contributed by atoms with E-state index in [1.54, 1.807) is 38.6 Å². The minimum absolute atomic E-state index is 0.104. The lowest BCUT2D eigenvalue weighted by Gasteiger charge is -2.40. The van der Waals surface area contributed by atoms with E-state index in [2.05, 4.69) is 13.2 Å². The number of aliphatic hydroxyl groups is 1. The van der Waals surface area contributed by atoms with Crippen molar-refractivity contribution < 1.29 is 19.5 Å². The molecule has 6 rings (SSSR count). The van der Waals surface area contributed by atoms with E-state index in [1.165, 1.54) is 0 Å². The molecule has 3 heterocycles. The standard InChI is InChI=1S/C38H41N3O4S/c1-5-22-39(28-18-11-8-12-19-28)35(43)31-30-20-21-38(46-30)32(31)36(44)41(29(24-42)27-16-9-7-10-17-27)34(38)37(45)40(23-6-2)33-25(3)14-13-15-26(33)4/h5-19,29-32,34,42H,1-2,20-24H2,3-4H3/t29-,30-,31+,32+,34?,38?/m1/s1. The fourth-order valence-corrected chi connectivity index (χ4v) is 10.2. The Bertz CT molecular complexity index is 1630. The molecule has 3 saturated heterocycles. The van der Waals surface area contributed by atoms with Gasteiger partial charge in [0.05, 0.1) is 29.2 Å². The number of carbonyl (C=O) groups is 3. The third-order valence-electron chi connectivity index (χ3n) is 9.88. The number of fused-ring (bicyclic) bond motifs is 1. The van der Waals surface area contributed by atoms with E-state index in [0.717, 1.165) is 34.5 Å². The lowest BCUT2D eigenvalue weighted by molar-refractivity contribution is -0.142. The van der Waals surface area contributed by atoms with E-state index < -0.39 is 28.7 Å². The van der Waals surface area contributed by atoms with E-state index in [4.69, 9.17) is 0 Å². The maximum atomic E-state index is 15.2. The molecule has 2 unspecified atom stereocenters. The Hall–Kier alpha value is -4.14. The summed E-state index contributed by atoms with van der Waals surface area (Å²) in [4.78, 5) is 49.8. The molecule has 1 spiro atoms. The average molecular weight is 636 g/mol. The molecule has 7 nitrogen and oxygen atoms in total. The van der Waals surface area contributed by atoms with Crippen LogP contribution in [0.5, 0.6) is 0 Å². The van der Waals surface area contributed by atoms with Crippen molar-refractivity contribution in [3.8, 4) is 0 Å². The first-order valence-corrected chi connectivity index (χ1v) is 16.8. The smallest absolute Gasteiger partial charge is 0.251 e. The predicted molar refractivity (Wildman–Crippen MR) is 185 cm³/mol. The molecule has 3 aliphatic rings. The van der Waals surface area contributed by atoms with Gasteiger partial charge in [0.15, 0.2) is 0 Å². The van der Waals surface area contributed by atoms with Crippen LogP contribution >= 0.6 is 11.8 Å². The van der Waals surface area contributed by atoms with Gasteiger partial charge in [0.25, 0.3) is 5.91 Å². The van der Waals surface area contributed by atoms with Gasteiger partial charge in [-0.3, -0.25) is 14.4 Å². The Morgan fingerprint density at radius 2 is 1.54 bits per heavy atom. The van der Waals surface area contributed by atoms with Crippen molar-refractivity contribution in [1.82, 2.24) is 4.90 Å². The second kappa shape index (κ2) is 12.9. The summed E-state index contributed by atoms with van der Waals surface area (Å²) in [5, 5.41) is 10.8. The van der Waals surface area contributed by atoms with Gasteiger partial charge in [-0.1, -0.05) is 78.9 Å². The van der Waals surface area contributed by atoms with Crippen molar-refractivity contribution in [2.24, 2.45) is 11.8 Å². The molecule has 3 amide bonds. The van der Waals surface area contributed by atoms with Crippen LogP contribution in [0.2, 0.25) is 0 Å². The molecule has 1 N–H and O–H groups in total. The molecule has 3 aromatic carbocycles. The van der Waals surface area contributed by atoms with Gasteiger partial charge in [-0.05, 0) is 55.5 Å². The van der Waals surface area contributed by atoms with Gasteiger partial charge in [-0.15, -0.1) is 24.9 Å². The SMILES string of the molecule is C=CCN(C(=O)[C@@H]1[C@H]2C(=O)N([C@H](CO)c3ccccc3)C(C(=O)N(CC=C)c3c(C)cccc3C)C23CC[C@H]1S3)c1ccccc1. The van der Waals surface area contributed by atoms with Crippen molar-refractivity contribution in [3.05, 3.63) is 121 Å². The minimum atomic E-state index is -0.890. The molecule has 3 aromatic rings. The Balaban J connectivity index is 1.49. The average Bonchev–Trinajstić information content (AvgIpc) is 3.71. The van der Waals surface area contributed by atoms with Crippen LogP contribution < -0.4 is 9.80 Å². The van der Waals surface area contributed by atoms with Crippen LogP contribution in [0.3, 0.4) is 0 Å². The van der Waals surface area contributed by atoms with Gasteiger partial charge in [0.1, 0.15) is 6.04 Å². The van der Waals surface area contributed by atoms with E-state index in [9.17, 15) is 14.7 Å². The summed E-state index contributed by atoms with van der Waals surface area (Å²) in [5.41, 5.74) is 4.18. The molecule has 0 radical (unpaired) electrons. The maximum absolute atomic E-state index is 15.2. The highest BCUT2D eigenvalue weighted by Crippen LogP contribution is 2.67. The molecule has 6 atom stereocenters. The van der Waals surface area contributed by atoms with E-state index in [0.29, 0.717) is 13.0 Å². The highest BCUT2D eigenvalue weighted by atomic mass is 32.2. The first-order chi connectivity index (χ1) is 22.3. The number of aryl methyl sites for hydroxylation is 2. The van der Waals surface area contributed by atoms with Crippen LogP contribution in [-0.2, 0) is 14.4 Å². The fourth-order valence-electron chi connectivity index (χ4n) is 8.06. The van der Waals surface area contributed by atoms with Gasteiger partial charge in [-0.25, -0.2) is 0 Å². The minimum Gasteiger partial charge on any atom is -0.394 e. The van der Waals surface area contributed by atoms with Gasteiger partial charge in [0, 0.05) is 29.7 Å². The van der Waals surface area contributed by atoms with Crippen molar-refractivity contribution in [3.63, 3.8) is 0 Å². The molecule has 0 aliphatic carbocycles. The van der Waals surface area contributed by atoms with Gasteiger partial charge in [0.2, 0.25) is 11.8 Å². The van der Waals surface area contributed by atoms with Crippen LogP contribution in [0.15, 0.2) is 104 Å². The Morgan fingerprint density at radius 1 is 0.935 bits per heavy atom. The topological polar surface area (TPSA) is 81.2 Å². The number of carbonyl (C=O) groups excluding carboxylic acids is 3. The zero-order valence-electron chi connectivity index (χ0n) is 26.4. The van der Waals surface area contributed by atoms with Crippen LogP contribution in [0.25, 0.3) is 0 Å². The second-order valence-corrected chi connectivity index (χ2v) is 14.1. The number of amides is 3. The highest BCUT2D eigenvalue weighted by molar-refractivity contribution is 8.02. The summed E-state index contributed by atoms with van der Waals surface area (Å²) < 4.78 is -0.825. The van der Waals surface area contributed by atoms with Crippen LogP contribution in [0, 0.1) is 25.7 Å². The van der Waals surface area contributed by atoms with Crippen LogP contribution in [0.1, 0.15) is 35.6 Å². The molecule has 46 heavy (non-hydrogen) atoms. The Kier molecular flexibility index (Phi) is 8.95. The number of nitrogens with zero attached hydrogens (tertiary/aromatic N) is 3. The molecular weight excluding hydrogens is 595 g/mol. The first-order valence-electron chi connectivity index (χ1n) is 15.9. The number of likely N-dealkylation sites (tertiary alicyclic amines) is 1. The number of aliphatic hydroxyl groups excluding tert-OH is 1. The third kappa shape index (κ3) is 5.08. The fraction of sp³-hybridized carbons (Fsp3) is 0.342. The van der Waals surface area contributed by atoms with E-state index >= 15 is 4.79 Å². The largest absolute Gasteiger partial charge is 0.394 e.